The molecular weight excluding hydrogens is 522 g/mol. The van der Waals surface area contributed by atoms with Crippen LogP contribution in [0.4, 0.5) is 29.1 Å². The first-order valence-electron chi connectivity index (χ1n) is 13.9. The number of aromatic nitrogens is 3. The Kier molecular flexibility index (Phi) is 6.63. The van der Waals surface area contributed by atoms with E-state index in [1.54, 1.807) is 18.6 Å². The number of rotatable bonds is 5. The van der Waals surface area contributed by atoms with Crippen molar-refractivity contribution in [3.05, 3.63) is 59.8 Å². The molecule has 2 fully saturated rings. The summed E-state index contributed by atoms with van der Waals surface area (Å²) < 4.78 is 23.1. The Balaban J connectivity index is 1.36. The predicted octanol–water partition coefficient (Wildman–Crippen LogP) is 5.37. The van der Waals surface area contributed by atoms with Crippen LogP contribution in [0.15, 0.2) is 53.0 Å². The van der Waals surface area contributed by atoms with E-state index in [1.165, 1.54) is 12.0 Å². The second-order valence-electron chi connectivity index (χ2n) is 12.6. The lowest BCUT2D eigenvalue weighted by molar-refractivity contribution is -0.0893. The topological polar surface area (TPSA) is 95.8 Å². The number of anilines is 4. The Morgan fingerprint density at radius 3 is 2.58 bits per heavy atom. The van der Waals surface area contributed by atoms with Gasteiger partial charge in [0.2, 0.25) is 5.95 Å². The highest BCUT2D eigenvalue weighted by Crippen LogP contribution is 2.53. The number of nitrogens with zero attached hydrogens (tertiary/aromatic N) is 6. The monoisotopic (exact) mass is 561 g/mol. The summed E-state index contributed by atoms with van der Waals surface area (Å²) in [7, 11) is -0.168. The van der Waals surface area contributed by atoms with Crippen molar-refractivity contribution >= 4 is 38.8 Å². The largest absolute Gasteiger partial charge is 0.374 e. The minimum absolute atomic E-state index is 0.0648. The summed E-state index contributed by atoms with van der Waals surface area (Å²) in [5.74, 6) is 3.12. The number of ether oxygens (including phenoxy) is 1. The lowest BCUT2D eigenvalue weighted by atomic mass is 9.73. The molecule has 10 heteroatoms. The average Bonchev–Trinajstić information content (AvgIpc) is 3.42. The number of pyridine rings is 1. The standard InChI is InChI=1S/C30H39N7O2S/c1-29(2)16-24-30(3,19-39-29)23-17-31-28(32-22-12-10-20(11-13-22)21-14-15-36(4)18-21)34-27(23)37(24)26-9-7-8-25(33-26)35-40(5,6)38/h7-13,17,21,24H,14-16,18-19H2,1-6H3,(H,31,32,34)/t21-,24-,30-/m1/s1. The van der Waals surface area contributed by atoms with Gasteiger partial charge in [0.15, 0.2) is 5.82 Å². The zero-order chi connectivity index (χ0) is 28.3. The van der Waals surface area contributed by atoms with Crippen LogP contribution in [0, 0.1) is 0 Å². The molecule has 2 aromatic heterocycles. The third kappa shape index (κ3) is 5.20. The maximum Gasteiger partial charge on any atom is 0.229 e. The lowest BCUT2D eigenvalue weighted by Crippen LogP contribution is -2.54. The summed E-state index contributed by atoms with van der Waals surface area (Å²) in [6.07, 6.45) is 7.16. The maximum absolute atomic E-state index is 12.4. The van der Waals surface area contributed by atoms with Crippen molar-refractivity contribution in [2.45, 2.75) is 56.6 Å². The average molecular weight is 562 g/mol. The van der Waals surface area contributed by atoms with Gasteiger partial charge in [-0.2, -0.15) is 9.35 Å². The van der Waals surface area contributed by atoms with E-state index in [2.05, 4.69) is 71.6 Å². The molecule has 1 N–H and O–H groups in total. The van der Waals surface area contributed by atoms with Crippen molar-refractivity contribution in [2.24, 2.45) is 4.36 Å². The zero-order valence-corrected chi connectivity index (χ0v) is 25.0. The molecule has 212 valence electrons. The van der Waals surface area contributed by atoms with Gasteiger partial charge in [-0.1, -0.05) is 25.1 Å². The molecule has 3 aromatic rings. The fourth-order valence-electron chi connectivity index (χ4n) is 6.26. The molecule has 1 aromatic carbocycles. The summed E-state index contributed by atoms with van der Waals surface area (Å²) >= 11 is 0. The van der Waals surface area contributed by atoms with Crippen LogP contribution in [0.2, 0.25) is 0 Å². The van der Waals surface area contributed by atoms with Gasteiger partial charge in [0, 0.05) is 51.6 Å². The van der Waals surface area contributed by atoms with Crippen LogP contribution >= 0.6 is 0 Å². The van der Waals surface area contributed by atoms with Gasteiger partial charge in [-0.3, -0.25) is 0 Å². The van der Waals surface area contributed by atoms with E-state index in [0.717, 1.165) is 42.4 Å². The van der Waals surface area contributed by atoms with E-state index in [4.69, 9.17) is 19.7 Å². The number of likely N-dealkylation sites (N-methyl/N-ethyl adjacent to an activating group) is 1. The Morgan fingerprint density at radius 1 is 1.10 bits per heavy atom. The van der Waals surface area contributed by atoms with Crippen molar-refractivity contribution in [1.82, 2.24) is 19.9 Å². The van der Waals surface area contributed by atoms with Gasteiger partial charge in [0.1, 0.15) is 11.6 Å². The van der Waals surface area contributed by atoms with Crippen molar-refractivity contribution < 1.29 is 8.95 Å². The highest BCUT2D eigenvalue weighted by atomic mass is 32.2. The van der Waals surface area contributed by atoms with E-state index in [9.17, 15) is 4.21 Å². The summed E-state index contributed by atoms with van der Waals surface area (Å²) in [6, 6.07) is 14.4. The van der Waals surface area contributed by atoms with Crippen LogP contribution in [-0.2, 0) is 19.9 Å². The van der Waals surface area contributed by atoms with Crippen molar-refractivity contribution in [2.75, 3.05) is 49.5 Å². The van der Waals surface area contributed by atoms with Gasteiger partial charge in [0.05, 0.1) is 18.2 Å². The molecule has 6 rings (SSSR count). The summed E-state index contributed by atoms with van der Waals surface area (Å²) in [5.41, 5.74) is 2.76. The Bertz CT molecular complexity index is 1540. The van der Waals surface area contributed by atoms with E-state index < -0.39 is 9.73 Å². The minimum atomic E-state index is -2.35. The summed E-state index contributed by atoms with van der Waals surface area (Å²) in [5, 5.41) is 3.42. The van der Waals surface area contributed by atoms with Crippen molar-refractivity contribution in [3.8, 4) is 0 Å². The molecule has 3 aliphatic rings. The highest BCUT2D eigenvalue weighted by Gasteiger charge is 2.55. The quantitative estimate of drug-likeness (QED) is 0.444. The molecule has 3 atom stereocenters. The van der Waals surface area contributed by atoms with Crippen LogP contribution < -0.4 is 10.2 Å². The molecule has 2 saturated heterocycles. The van der Waals surface area contributed by atoms with Gasteiger partial charge in [-0.05, 0) is 76.0 Å². The first kappa shape index (κ1) is 27.1. The highest BCUT2D eigenvalue weighted by molar-refractivity contribution is 7.92. The number of fused-ring (bicyclic) bond motifs is 3. The van der Waals surface area contributed by atoms with Crippen LogP contribution in [0.3, 0.4) is 0 Å². The molecule has 5 heterocycles. The van der Waals surface area contributed by atoms with Crippen molar-refractivity contribution in [1.29, 1.82) is 0 Å². The molecular formula is C30H39N7O2S. The first-order valence-corrected chi connectivity index (χ1v) is 16.2. The summed E-state index contributed by atoms with van der Waals surface area (Å²) in [6.45, 7) is 9.29. The van der Waals surface area contributed by atoms with Gasteiger partial charge >= 0.3 is 0 Å². The number of likely N-dealkylation sites (tertiary alicyclic amines) is 1. The number of nitrogens with one attached hydrogen (secondary N) is 1. The van der Waals surface area contributed by atoms with Crippen LogP contribution in [0.1, 0.15) is 50.7 Å². The maximum atomic E-state index is 12.4. The van der Waals surface area contributed by atoms with E-state index in [-0.39, 0.29) is 17.1 Å². The second-order valence-corrected chi connectivity index (χ2v) is 15.2. The zero-order valence-electron chi connectivity index (χ0n) is 24.2. The summed E-state index contributed by atoms with van der Waals surface area (Å²) in [4.78, 5) is 19.2. The van der Waals surface area contributed by atoms with Crippen LogP contribution in [-0.4, -0.2) is 75.0 Å². The lowest BCUT2D eigenvalue weighted by Gasteiger charge is -2.46. The van der Waals surface area contributed by atoms with Gasteiger partial charge in [-0.15, -0.1) is 0 Å². The van der Waals surface area contributed by atoms with Gasteiger partial charge < -0.3 is 19.9 Å². The SMILES string of the molecule is CN1CC[C@@H](c2ccc(Nc3ncc4c(n3)N(c3cccc(N=S(C)(C)=O)n3)[C@@H]3CC(C)(C)OC[C@]43C)cc2)C1. The smallest absolute Gasteiger partial charge is 0.229 e. The Labute approximate surface area is 237 Å². The fourth-order valence-corrected chi connectivity index (χ4v) is 6.81. The molecule has 0 spiro atoms. The molecule has 0 aliphatic carbocycles. The van der Waals surface area contributed by atoms with Gasteiger partial charge in [0.25, 0.3) is 0 Å². The Morgan fingerprint density at radius 2 is 1.88 bits per heavy atom. The normalized spacial score (nSPS) is 25.9. The van der Waals surface area contributed by atoms with E-state index in [0.29, 0.717) is 24.3 Å². The molecule has 3 aliphatic heterocycles. The van der Waals surface area contributed by atoms with Gasteiger partial charge in [-0.25, -0.2) is 14.2 Å². The third-order valence-corrected chi connectivity index (χ3v) is 9.04. The molecule has 0 amide bonds. The predicted molar refractivity (Wildman–Crippen MR) is 161 cm³/mol. The van der Waals surface area contributed by atoms with Crippen LogP contribution in [0.25, 0.3) is 0 Å². The fraction of sp³-hybridized carbons (Fsp3) is 0.500. The number of hydrogen-bond acceptors (Lipinski definition) is 9. The molecule has 0 saturated carbocycles. The van der Waals surface area contributed by atoms with Crippen molar-refractivity contribution in [3.63, 3.8) is 0 Å². The molecule has 40 heavy (non-hydrogen) atoms. The Hall–Kier alpha value is -3.08. The first-order chi connectivity index (χ1) is 18.9. The van der Waals surface area contributed by atoms with E-state index in [1.807, 2.05) is 18.3 Å². The molecule has 0 radical (unpaired) electrons. The molecule has 0 unspecified atom stereocenters. The number of hydrogen-bond donors (Lipinski definition) is 1. The molecule has 0 bridgehead atoms. The third-order valence-electron chi connectivity index (χ3n) is 8.42. The second kappa shape index (κ2) is 9.78. The molecule has 9 nitrogen and oxygen atoms in total. The number of benzene rings is 1. The van der Waals surface area contributed by atoms with Crippen LogP contribution in [0.5, 0.6) is 0 Å². The minimum Gasteiger partial charge on any atom is -0.374 e. The van der Waals surface area contributed by atoms with E-state index >= 15 is 0 Å².